The van der Waals surface area contributed by atoms with Crippen LogP contribution < -0.4 is 10.6 Å². The van der Waals surface area contributed by atoms with Crippen molar-refractivity contribution in [2.24, 2.45) is 0 Å². The monoisotopic (exact) mass is 357 g/mol. The average molecular weight is 357 g/mol. The van der Waals surface area contributed by atoms with E-state index in [1.807, 2.05) is 13.8 Å². The Balaban J connectivity index is 1.71. The lowest BCUT2D eigenvalue weighted by atomic mass is 10.1. The second kappa shape index (κ2) is 7.81. The molecule has 0 aliphatic heterocycles. The minimum atomic E-state index is -0.306. The number of aromatic amines is 1. The minimum absolute atomic E-state index is 0.194. The molecule has 0 atom stereocenters. The molecule has 3 N–H and O–H groups in total. The molecule has 0 unspecified atom stereocenters. The van der Waals surface area contributed by atoms with E-state index < -0.39 is 0 Å². The number of aryl methyl sites for hydroxylation is 1. The van der Waals surface area contributed by atoms with Crippen molar-refractivity contribution in [1.29, 1.82) is 0 Å². The molecule has 0 saturated heterocycles. The van der Waals surface area contributed by atoms with Gasteiger partial charge in [-0.05, 0) is 37.6 Å². The van der Waals surface area contributed by atoms with Gasteiger partial charge in [-0.3, -0.25) is 9.89 Å². The van der Waals surface area contributed by atoms with Crippen LogP contribution in [0.2, 0.25) is 0 Å². The smallest absolute Gasteiger partial charge is 0.269 e. The number of hydrogen-bond acceptors (Lipinski definition) is 5. The van der Waals surface area contributed by atoms with E-state index in [0.717, 1.165) is 17.5 Å². The molecule has 3 aromatic rings. The van der Waals surface area contributed by atoms with Gasteiger partial charge < -0.3 is 15.2 Å². The van der Waals surface area contributed by atoms with E-state index in [1.54, 1.807) is 18.2 Å². The number of aromatic nitrogens is 3. The first-order valence-electron chi connectivity index (χ1n) is 8.37. The second-order valence-corrected chi connectivity index (χ2v) is 5.85. The van der Waals surface area contributed by atoms with Gasteiger partial charge in [-0.15, -0.1) is 0 Å². The molecular formula is C18H20FN5O2. The van der Waals surface area contributed by atoms with E-state index in [1.165, 1.54) is 12.1 Å². The first-order valence-corrected chi connectivity index (χ1v) is 8.37. The van der Waals surface area contributed by atoms with Crippen LogP contribution in [0, 0.1) is 12.7 Å². The third kappa shape index (κ3) is 3.90. The zero-order chi connectivity index (χ0) is 18.5. The number of H-pyrrole nitrogens is 1. The van der Waals surface area contributed by atoms with Gasteiger partial charge in [0.15, 0.2) is 0 Å². The van der Waals surface area contributed by atoms with E-state index in [9.17, 15) is 9.18 Å². The van der Waals surface area contributed by atoms with Gasteiger partial charge >= 0.3 is 0 Å². The number of carbonyl (C=O) groups excluding carboxylic acids is 1. The van der Waals surface area contributed by atoms with Crippen molar-refractivity contribution in [1.82, 2.24) is 20.7 Å². The average Bonchev–Trinajstić information content (AvgIpc) is 3.25. The molecule has 7 nitrogen and oxygen atoms in total. The van der Waals surface area contributed by atoms with Crippen LogP contribution in [-0.2, 0) is 6.54 Å². The Morgan fingerprint density at radius 2 is 2.08 bits per heavy atom. The van der Waals surface area contributed by atoms with Crippen molar-refractivity contribution in [3.63, 3.8) is 0 Å². The predicted octanol–water partition coefficient (Wildman–Crippen LogP) is 3.26. The highest BCUT2D eigenvalue weighted by atomic mass is 19.1. The lowest BCUT2D eigenvalue weighted by Crippen LogP contribution is -2.24. The maximum atomic E-state index is 13.1. The number of amides is 1. The molecule has 0 aliphatic rings. The molecule has 1 amide bonds. The van der Waals surface area contributed by atoms with Gasteiger partial charge in [0.2, 0.25) is 0 Å². The zero-order valence-corrected chi connectivity index (χ0v) is 14.6. The highest BCUT2D eigenvalue weighted by Gasteiger charge is 2.16. The van der Waals surface area contributed by atoms with Crippen LogP contribution in [0.4, 0.5) is 10.2 Å². The molecular weight excluding hydrogens is 337 g/mol. The molecule has 0 aliphatic carbocycles. The Hall–Kier alpha value is -3.16. The number of hydrogen-bond donors (Lipinski definition) is 3. The van der Waals surface area contributed by atoms with Gasteiger partial charge in [0, 0.05) is 30.3 Å². The van der Waals surface area contributed by atoms with Crippen LogP contribution in [0.1, 0.15) is 35.2 Å². The van der Waals surface area contributed by atoms with Gasteiger partial charge in [-0.25, -0.2) is 4.39 Å². The first-order chi connectivity index (χ1) is 12.6. The maximum Gasteiger partial charge on any atom is 0.269 e. The van der Waals surface area contributed by atoms with Crippen LogP contribution in [0.15, 0.2) is 34.9 Å². The fourth-order valence-corrected chi connectivity index (χ4v) is 2.48. The van der Waals surface area contributed by atoms with Gasteiger partial charge in [0.1, 0.15) is 28.8 Å². The Labute approximate surface area is 150 Å². The number of halogens is 1. The molecule has 8 heteroatoms. The van der Waals surface area contributed by atoms with E-state index in [4.69, 9.17) is 4.52 Å². The third-order valence-corrected chi connectivity index (χ3v) is 3.91. The van der Waals surface area contributed by atoms with Crippen molar-refractivity contribution in [2.75, 3.05) is 11.9 Å². The van der Waals surface area contributed by atoms with Crippen LogP contribution in [0.5, 0.6) is 0 Å². The van der Waals surface area contributed by atoms with Crippen molar-refractivity contribution in [3.8, 4) is 11.3 Å². The highest BCUT2D eigenvalue weighted by Crippen LogP contribution is 2.26. The topological polar surface area (TPSA) is 95.8 Å². The summed E-state index contributed by atoms with van der Waals surface area (Å²) in [4.78, 5) is 11.9. The van der Waals surface area contributed by atoms with E-state index >= 15 is 0 Å². The second-order valence-electron chi connectivity index (χ2n) is 5.85. The van der Waals surface area contributed by atoms with E-state index in [-0.39, 0.29) is 11.7 Å². The summed E-state index contributed by atoms with van der Waals surface area (Å²) in [5.74, 6) is 0.699. The Morgan fingerprint density at radius 1 is 1.31 bits per heavy atom. The third-order valence-electron chi connectivity index (χ3n) is 3.91. The lowest BCUT2D eigenvalue weighted by molar-refractivity contribution is 0.0948. The molecule has 136 valence electrons. The number of nitrogens with one attached hydrogen (secondary N) is 3. The molecule has 0 spiro atoms. The molecule has 1 aromatic carbocycles. The summed E-state index contributed by atoms with van der Waals surface area (Å²) >= 11 is 0. The van der Waals surface area contributed by atoms with Gasteiger partial charge in [-0.1, -0.05) is 12.1 Å². The van der Waals surface area contributed by atoms with Crippen molar-refractivity contribution in [2.45, 2.75) is 26.8 Å². The SMILES string of the molecule is CCCNC(=O)c1cc(NCc2c(-c3ccc(F)cc3)noc2C)n[nH]1. The normalized spacial score (nSPS) is 10.7. The number of anilines is 1. The maximum absolute atomic E-state index is 13.1. The first kappa shape index (κ1) is 17.7. The van der Waals surface area contributed by atoms with Crippen LogP contribution >= 0.6 is 0 Å². The summed E-state index contributed by atoms with van der Waals surface area (Å²) in [6, 6.07) is 7.71. The number of rotatable bonds is 7. The fourth-order valence-electron chi connectivity index (χ4n) is 2.48. The van der Waals surface area contributed by atoms with Crippen LogP contribution in [0.25, 0.3) is 11.3 Å². The Morgan fingerprint density at radius 3 is 2.81 bits per heavy atom. The largest absolute Gasteiger partial charge is 0.364 e. The standard InChI is InChI=1S/C18H20FN5O2/c1-3-8-20-18(25)15-9-16(23-22-15)21-10-14-11(2)26-24-17(14)12-4-6-13(19)7-5-12/h4-7,9H,3,8,10H2,1-2H3,(H,20,25)(H2,21,22,23). The summed E-state index contributed by atoms with van der Waals surface area (Å²) in [5, 5.41) is 16.8. The van der Waals surface area contributed by atoms with E-state index in [2.05, 4.69) is 26.0 Å². The van der Waals surface area contributed by atoms with Crippen molar-refractivity contribution < 1.29 is 13.7 Å². The molecule has 0 saturated carbocycles. The quantitative estimate of drug-likeness (QED) is 0.603. The zero-order valence-electron chi connectivity index (χ0n) is 14.6. The Kier molecular flexibility index (Phi) is 5.31. The van der Waals surface area contributed by atoms with E-state index in [0.29, 0.717) is 36.1 Å². The molecule has 3 rings (SSSR count). The molecule has 0 bridgehead atoms. The summed E-state index contributed by atoms with van der Waals surface area (Å²) < 4.78 is 18.4. The molecule has 2 aromatic heterocycles. The highest BCUT2D eigenvalue weighted by molar-refractivity contribution is 5.92. The lowest BCUT2D eigenvalue weighted by Gasteiger charge is -2.04. The number of nitrogens with zero attached hydrogens (tertiary/aromatic N) is 2. The summed E-state index contributed by atoms with van der Waals surface area (Å²) in [7, 11) is 0. The molecule has 0 radical (unpaired) electrons. The van der Waals surface area contributed by atoms with Gasteiger partial charge in [0.25, 0.3) is 5.91 Å². The molecule has 0 fully saturated rings. The van der Waals surface area contributed by atoms with Crippen molar-refractivity contribution in [3.05, 3.63) is 53.2 Å². The fraction of sp³-hybridized carbons (Fsp3) is 0.278. The van der Waals surface area contributed by atoms with Crippen LogP contribution in [-0.4, -0.2) is 27.8 Å². The molecule has 2 heterocycles. The number of carbonyl (C=O) groups is 1. The summed E-state index contributed by atoms with van der Waals surface area (Å²) in [5.41, 5.74) is 2.64. The van der Waals surface area contributed by atoms with Crippen molar-refractivity contribution >= 4 is 11.7 Å². The Bertz CT molecular complexity index is 885. The summed E-state index contributed by atoms with van der Waals surface area (Å²) in [6.45, 7) is 4.82. The molecule has 26 heavy (non-hydrogen) atoms. The summed E-state index contributed by atoms with van der Waals surface area (Å²) in [6.07, 6.45) is 0.865. The van der Waals surface area contributed by atoms with Gasteiger partial charge in [0.05, 0.1) is 0 Å². The van der Waals surface area contributed by atoms with Crippen LogP contribution in [0.3, 0.4) is 0 Å². The minimum Gasteiger partial charge on any atom is -0.364 e. The number of benzene rings is 1. The van der Waals surface area contributed by atoms with Gasteiger partial charge in [-0.2, -0.15) is 5.10 Å². The predicted molar refractivity (Wildman–Crippen MR) is 95.2 cm³/mol.